The van der Waals surface area contributed by atoms with Crippen LogP contribution in [0, 0.1) is 20.8 Å². The first-order valence-corrected chi connectivity index (χ1v) is 12.2. The Bertz CT molecular complexity index is 1200. The lowest BCUT2D eigenvalue weighted by Crippen LogP contribution is -2.25. The molecule has 0 aliphatic carbocycles. The molecule has 3 rings (SSSR count). The molecule has 1 aromatic carbocycles. The highest BCUT2D eigenvalue weighted by atomic mass is 32.2. The van der Waals surface area contributed by atoms with E-state index in [4.69, 9.17) is 0 Å². The van der Waals surface area contributed by atoms with Crippen LogP contribution in [0.25, 0.3) is 0 Å². The fraction of sp³-hybridized carbons (Fsp3) is 0.286. The van der Waals surface area contributed by atoms with E-state index in [1.54, 1.807) is 13.0 Å². The second kappa shape index (κ2) is 10.0. The molecule has 2 N–H and O–H groups in total. The number of nitrogens with zero attached hydrogens (tertiary/aromatic N) is 4. The molecule has 9 nitrogen and oxygen atoms in total. The summed E-state index contributed by atoms with van der Waals surface area (Å²) in [5.74, 6) is -0.207. The second-order valence-electron chi connectivity index (χ2n) is 7.09. The van der Waals surface area contributed by atoms with Gasteiger partial charge in [0.2, 0.25) is 11.9 Å². The first kappa shape index (κ1) is 23.6. The minimum Gasteiger partial charge on any atom is -0.325 e. The third kappa shape index (κ3) is 6.24. The number of anilines is 2. The zero-order chi connectivity index (χ0) is 23.3. The minimum absolute atomic E-state index is 0.00111. The van der Waals surface area contributed by atoms with E-state index < -0.39 is 10.0 Å². The Morgan fingerprint density at radius 1 is 1.00 bits per heavy atom. The quantitative estimate of drug-likeness (QED) is 0.377. The van der Waals surface area contributed by atoms with Gasteiger partial charge in [0.05, 0.1) is 10.1 Å². The number of sulfonamides is 1. The van der Waals surface area contributed by atoms with Crippen LogP contribution in [0.15, 0.2) is 52.6 Å². The lowest BCUT2D eigenvalue weighted by Gasteiger charge is -2.14. The van der Waals surface area contributed by atoms with Crippen LogP contribution < -0.4 is 10.0 Å². The number of benzene rings is 1. The third-order valence-electron chi connectivity index (χ3n) is 4.33. The monoisotopic (exact) mass is 472 g/mol. The van der Waals surface area contributed by atoms with E-state index >= 15 is 0 Å². The molecule has 1 amide bonds. The normalized spacial score (nSPS) is 12.2. The van der Waals surface area contributed by atoms with Crippen molar-refractivity contribution in [2.75, 3.05) is 10.0 Å². The van der Waals surface area contributed by atoms with Gasteiger partial charge in [-0.15, -0.1) is 0 Å². The summed E-state index contributed by atoms with van der Waals surface area (Å²) in [6.07, 6.45) is 2.06. The highest BCUT2D eigenvalue weighted by Gasteiger charge is 2.21. The van der Waals surface area contributed by atoms with Crippen molar-refractivity contribution in [2.45, 2.75) is 49.4 Å². The Kier molecular flexibility index (Phi) is 7.41. The summed E-state index contributed by atoms with van der Waals surface area (Å²) in [6, 6.07) is 9.44. The maximum absolute atomic E-state index is 12.7. The number of carbonyl (C=O) groups is 1. The molecule has 2 heterocycles. The van der Waals surface area contributed by atoms with Gasteiger partial charge in [0.25, 0.3) is 10.0 Å². The second-order valence-corrected chi connectivity index (χ2v) is 9.94. The maximum Gasteiger partial charge on any atom is 0.264 e. The predicted octanol–water partition coefficient (Wildman–Crippen LogP) is 3.50. The van der Waals surface area contributed by atoms with Crippen molar-refractivity contribution >= 4 is 39.3 Å². The van der Waals surface area contributed by atoms with Crippen LogP contribution in [-0.4, -0.2) is 39.5 Å². The molecule has 168 valence electrons. The molecule has 0 aliphatic heterocycles. The maximum atomic E-state index is 12.7. The van der Waals surface area contributed by atoms with Crippen molar-refractivity contribution in [1.29, 1.82) is 0 Å². The third-order valence-corrected chi connectivity index (χ3v) is 6.89. The molecule has 11 heteroatoms. The van der Waals surface area contributed by atoms with Gasteiger partial charge in [0, 0.05) is 29.0 Å². The number of hydrogen-bond acceptors (Lipinski definition) is 8. The van der Waals surface area contributed by atoms with Gasteiger partial charge in [-0.05, 0) is 63.6 Å². The summed E-state index contributed by atoms with van der Waals surface area (Å²) in [6.45, 7) is 7.42. The predicted molar refractivity (Wildman–Crippen MR) is 124 cm³/mol. The zero-order valence-corrected chi connectivity index (χ0v) is 19.8. The number of aryl methyl sites for hydroxylation is 3. The fourth-order valence-corrected chi connectivity index (χ4v) is 4.74. The molecule has 0 saturated carbocycles. The van der Waals surface area contributed by atoms with E-state index in [-0.39, 0.29) is 22.0 Å². The van der Waals surface area contributed by atoms with E-state index in [1.165, 1.54) is 42.2 Å². The van der Waals surface area contributed by atoms with Crippen LogP contribution in [0.1, 0.15) is 30.4 Å². The minimum atomic E-state index is -3.85. The summed E-state index contributed by atoms with van der Waals surface area (Å²) in [5.41, 5.74) is 2.82. The Hall–Kier alpha value is -3.05. The Morgan fingerprint density at radius 2 is 1.66 bits per heavy atom. The first-order chi connectivity index (χ1) is 15.2. The van der Waals surface area contributed by atoms with Crippen molar-refractivity contribution in [1.82, 2.24) is 19.9 Å². The summed E-state index contributed by atoms with van der Waals surface area (Å²) in [4.78, 5) is 29.5. The van der Waals surface area contributed by atoms with Crippen molar-refractivity contribution in [3.05, 3.63) is 59.7 Å². The topological polar surface area (TPSA) is 127 Å². The van der Waals surface area contributed by atoms with Crippen LogP contribution in [0.5, 0.6) is 0 Å². The van der Waals surface area contributed by atoms with Crippen LogP contribution in [0.4, 0.5) is 11.6 Å². The Morgan fingerprint density at radius 3 is 2.25 bits per heavy atom. The Labute approximate surface area is 191 Å². The van der Waals surface area contributed by atoms with Crippen LogP contribution in [-0.2, 0) is 14.8 Å². The average Bonchev–Trinajstić information content (AvgIpc) is 2.71. The lowest BCUT2D eigenvalue weighted by atomic mass is 10.3. The number of carbonyl (C=O) groups excluding carboxylic acids is 1. The fourth-order valence-electron chi connectivity index (χ4n) is 2.81. The van der Waals surface area contributed by atoms with Gasteiger partial charge in [-0.1, -0.05) is 18.7 Å². The number of rotatable bonds is 8. The zero-order valence-electron chi connectivity index (χ0n) is 18.2. The smallest absolute Gasteiger partial charge is 0.264 e. The van der Waals surface area contributed by atoms with Crippen molar-refractivity contribution in [3.8, 4) is 0 Å². The average molecular weight is 473 g/mol. The molecule has 1 atom stereocenters. The van der Waals surface area contributed by atoms with Gasteiger partial charge >= 0.3 is 0 Å². The van der Waals surface area contributed by atoms with E-state index in [0.29, 0.717) is 23.0 Å². The van der Waals surface area contributed by atoms with E-state index in [2.05, 4.69) is 30.0 Å². The number of nitrogens with one attached hydrogen (secondary N) is 2. The molecular weight excluding hydrogens is 448 g/mol. The number of hydrogen-bond donors (Lipinski definition) is 2. The largest absolute Gasteiger partial charge is 0.325 e. The molecule has 1 unspecified atom stereocenters. The molecule has 0 radical (unpaired) electrons. The van der Waals surface area contributed by atoms with E-state index in [1.807, 2.05) is 26.8 Å². The molecule has 3 aromatic rings. The van der Waals surface area contributed by atoms with Gasteiger partial charge in [-0.3, -0.25) is 4.79 Å². The van der Waals surface area contributed by atoms with Crippen molar-refractivity contribution < 1.29 is 13.2 Å². The van der Waals surface area contributed by atoms with Crippen molar-refractivity contribution in [2.24, 2.45) is 0 Å². The summed E-state index contributed by atoms with van der Waals surface area (Å²) < 4.78 is 27.5. The molecule has 0 bridgehead atoms. The van der Waals surface area contributed by atoms with Crippen LogP contribution >= 0.6 is 11.8 Å². The number of amides is 1. The van der Waals surface area contributed by atoms with Crippen LogP contribution in [0.3, 0.4) is 0 Å². The molecule has 0 fully saturated rings. The van der Waals surface area contributed by atoms with E-state index in [0.717, 1.165) is 11.4 Å². The van der Waals surface area contributed by atoms with Gasteiger partial charge < -0.3 is 5.32 Å². The van der Waals surface area contributed by atoms with Gasteiger partial charge in [-0.25, -0.2) is 33.1 Å². The molecule has 2 aromatic heterocycles. The summed E-state index contributed by atoms with van der Waals surface area (Å²) >= 11 is 1.30. The Balaban J connectivity index is 1.67. The molecule has 0 saturated heterocycles. The summed E-state index contributed by atoms with van der Waals surface area (Å²) in [5, 5.41) is 2.99. The van der Waals surface area contributed by atoms with Gasteiger partial charge in [0.1, 0.15) is 0 Å². The molecular formula is C21H24N6O3S2. The van der Waals surface area contributed by atoms with Gasteiger partial charge in [-0.2, -0.15) is 0 Å². The lowest BCUT2D eigenvalue weighted by molar-refractivity contribution is -0.115. The SMILES string of the molecule is CCC(Sc1nc(C)cc(C)n1)C(=O)Nc1ccc(S(=O)(=O)Nc2nccc(C)n2)cc1. The number of thioether (sulfide) groups is 1. The first-order valence-electron chi connectivity index (χ1n) is 9.88. The molecule has 0 aliphatic rings. The summed E-state index contributed by atoms with van der Waals surface area (Å²) in [7, 11) is -3.85. The van der Waals surface area contributed by atoms with Crippen molar-refractivity contribution in [3.63, 3.8) is 0 Å². The molecule has 32 heavy (non-hydrogen) atoms. The van der Waals surface area contributed by atoms with Crippen LogP contribution in [0.2, 0.25) is 0 Å². The standard InChI is InChI=1S/C21H24N6O3S2/c1-5-18(31-21-24-14(3)12-15(4)25-21)19(28)26-16-6-8-17(9-7-16)32(29,30)27-20-22-11-10-13(2)23-20/h6-12,18H,5H2,1-4H3,(H,26,28)(H,22,23,27). The molecule has 0 spiro atoms. The van der Waals surface area contributed by atoms with Gasteiger partial charge in [0.15, 0.2) is 5.16 Å². The van der Waals surface area contributed by atoms with E-state index in [9.17, 15) is 13.2 Å². The highest BCUT2D eigenvalue weighted by molar-refractivity contribution is 8.00. The number of aromatic nitrogens is 4. The highest BCUT2D eigenvalue weighted by Crippen LogP contribution is 2.24.